The second-order valence-corrected chi connectivity index (χ2v) is 21.1. The van der Waals surface area contributed by atoms with E-state index < -0.39 is 118 Å². The van der Waals surface area contributed by atoms with Gasteiger partial charge in [-0.25, -0.2) is 0 Å². The molecule has 0 aromatic carbocycles. The first kappa shape index (κ1) is 47.8. The van der Waals surface area contributed by atoms with Gasteiger partial charge in [0.1, 0.15) is 73.2 Å². The van der Waals surface area contributed by atoms with Crippen molar-refractivity contribution in [3.05, 3.63) is 0 Å². The van der Waals surface area contributed by atoms with Crippen LogP contribution in [0.1, 0.15) is 91.9 Å². The summed E-state index contributed by atoms with van der Waals surface area (Å²) in [6.45, 7) is 7.02. The Morgan fingerprint density at radius 2 is 1.23 bits per heavy atom. The maximum atomic E-state index is 12.1. The van der Waals surface area contributed by atoms with Crippen LogP contribution in [0.3, 0.4) is 0 Å². The zero-order valence-electron chi connectivity index (χ0n) is 36.4. The number of hydrogen-bond acceptors (Lipinski definition) is 18. The molecule has 8 fully saturated rings. The van der Waals surface area contributed by atoms with Crippen molar-refractivity contribution < 1.29 is 89.7 Å². The molecule has 4 heterocycles. The van der Waals surface area contributed by atoms with E-state index in [-0.39, 0.29) is 40.8 Å². The van der Waals surface area contributed by atoms with E-state index in [1.54, 1.807) is 0 Å². The van der Waals surface area contributed by atoms with Crippen molar-refractivity contribution in [2.45, 2.75) is 202 Å². The van der Waals surface area contributed by atoms with E-state index in [2.05, 4.69) is 20.8 Å². The summed E-state index contributed by atoms with van der Waals surface area (Å²) in [4.78, 5) is 0. The van der Waals surface area contributed by atoms with Crippen LogP contribution in [0.2, 0.25) is 0 Å². The van der Waals surface area contributed by atoms with E-state index in [4.69, 9.17) is 28.4 Å². The molecule has 4 aliphatic carbocycles. The quantitative estimate of drug-likeness (QED) is 0.102. The molecule has 27 atom stereocenters. The first-order chi connectivity index (χ1) is 29.3. The Balaban J connectivity index is 0.899. The Bertz CT molecular complexity index is 1530. The third-order valence-corrected chi connectivity index (χ3v) is 18.0. The number of aliphatic hydroxyl groups excluding tert-OH is 11. The van der Waals surface area contributed by atoms with Gasteiger partial charge in [-0.2, -0.15) is 0 Å². The zero-order valence-corrected chi connectivity index (χ0v) is 36.4. The molecular formula is C44H74O18. The van der Waals surface area contributed by atoms with Crippen LogP contribution in [0, 0.1) is 52.3 Å². The molecule has 18 heteroatoms. The molecule has 0 aromatic heterocycles. The van der Waals surface area contributed by atoms with Gasteiger partial charge in [-0.05, 0) is 104 Å². The van der Waals surface area contributed by atoms with Crippen molar-refractivity contribution in [2.24, 2.45) is 52.3 Å². The average molecular weight is 891 g/mol. The minimum Gasteiger partial charge on any atom is -0.394 e. The molecule has 8 rings (SSSR count). The van der Waals surface area contributed by atoms with E-state index in [9.17, 15) is 61.3 Å². The Labute approximate surface area is 363 Å². The van der Waals surface area contributed by atoms with Crippen LogP contribution in [0.4, 0.5) is 0 Å². The summed E-state index contributed by atoms with van der Waals surface area (Å²) in [7, 11) is 0. The summed E-state index contributed by atoms with van der Waals surface area (Å²) in [5, 5.41) is 126. The Hall–Kier alpha value is -0.720. The minimum atomic E-state index is -1.75. The third kappa shape index (κ3) is 7.94. The van der Waals surface area contributed by atoms with Crippen LogP contribution in [0.5, 0.6) is 0 Å². The summed E-state index contributed by atoms with van der Waals surface area (Å²) >= 11 is 0. The predicted molar refractivity (Wildman–Crippen MR) is 213 cm³/mol. The summed E-state index contributed by atoms with van der Waals surface area (Å²) < 4.78 is 36.5. The van der Waals surface area contributed by atoms with Crippen molar-refractivity contribution in [3.8, 4) is 0 Å². The van der Waals surface area contributed by atoms with Gasteiger partial charge in [-0.3, -0.25) is 0 Å². The highest BCUT2D eigenvalue weighted by atomic mass is 16.8. The van der Waals surface area contributed by atoms with Crippen LogP contribution < -0.4 is 0 Å². The van der Waals surface area contributed by atoms with Gasteiger partial charge in [0.25, 0.3) is 0 Å². The maximum absolute atomic E-state index is 12.1. The molecule has 12 N–H and O–H groups in total. The van der Waals surface area contributed by atoms with Crippen LogP contribution in [-0.2, 0) is 28.4 Å². The van der Waals surface area contributed by atoms with E-state index in [0.717, 1.165) is 44.9 Å². The number of fused-ring (bicyclic) bond motifs is 7. The fourth-order valence-electron chi connectivity index (χ4n) is 14.4. The fourth-order valence-corrected chi connectivity index (χ4v) is 14.4. The Morgan fingerprint density at radius 3 is 1.89 bits per heavy atom. The smallest absolute Gasteiger partial charge is 0.187 e. The summed E-state index contributed by atoms with van der Waals surface area (Å²) in [6.07, 6.45) is -13.4. The molecule has 0 amide bonds. The highest BCUT2D eigenvalue weighted by molar-refractivity contribution is 5.15. The Kier molecular flexibility index (Phi) is 13.9. The molecule has 4 saturated heterocycles. The van der Waals surface area contributed by atoms with Crippen LogP contribution in [0.15, 0.2) is 0 Å². The standard InChI is InChI=1S/C44H74O18/c1-18(38-36(54)33(51)30(48)26(15-45)58-38)7-12-44(56)19(2)29-25(62-44)14-24-22-6-5-20-13-21(8-10-42(20,3)23(22)9-11-43(24,29)4)57-41-39(35(53)32(50)28(17-47)60-41)61-40-37(55)34(52)31(49)27(16-46)59-40/h18-41,45-56H,5-17H2,1-4H3. The highest BCUT2D eigenvalue weighted by Crippen LogP contribution is 2.71. The molecule has 4 aliphatic heterocycles. The lowest BCUT2D eigenvalue weighted by Gasteiger charge is -2.61. The number of rotatable bonds is 11. The van der Waals surface area contributed by atoms with E-state index in [0.29, 0.717) is 42.9 Å². The first-order valence-corrected chi connectivity index (χ1v) is 23.3. The van der Waals surface area contributed by atoms with Crippen molar-refractivity contribution >= 4 is 0 Å². The van der Waals surface area contributed by atoms with Crippen molar-refractivity contribution in [3.63, 3.8) is 0 Å². The van der Waals surface area contributed by atoms with Crippen LogP contribution in [0.25, 0.3) is 0 Å². The average Bonchev–Trinajstić information content (AvgIpc) is 3.69. The number of hydrogen-bond donors (Lipinski definition) is 12. The largest absolute Gasteiger partial charge is 0.394 e. The van der Waals surface area contributed by atoms with E-state index >= 15 is 0 Å². The fraction of sp³-hybridized carbons (Fsp3) is 1.00. The minimum absolute atomic E-state index is 0.0228. The molecule has 8 aliphatic rings. The lowest BCUT2D eigenvalue weighted by atomic mass is 9.44. The summed E-state index contributed by atoms with van der Waals surface area (Å²) in [5.41, 5.74) is 0.0175. The number of ether oxygens (including phenoxy) is 6. The van der Waals surface area contributed by atoms with Gasteiger partial charge in [0.05, 0.1) is 38.1 Å². The van der Waals surface area contributed by atoms with E-state index in [1.807, 2.05) is 6.92 Å². The van der Waals surface area contributed by atoms with Crippen molar-refractivity contribution in [1.82, 2.24) is 0 Å². The topological polar surface area (TPSA) is 298 Å². The highest BCUT2D eigenvalue weighted by Gasteiger charge is 2.68. The second-order valence-electron chi connectivity index (χ2n) is 21.1. The van der Waals surface area contributed by atoms with Gasteiger partial charge in [0, 0.05) is 12.3 Å². The summed E-state index contributed by atoms with van der Waals surface area (Å²) in [5.74, 6) is 0.108. The zero-order chi connectivity index (χ0) is 44.8. The maximum Gasteiger partial charge on any atom is 0.187 e. The molecule has 18 nitrogen and oxygen atoms in total. The lowest BCUT2D eigenvalue weighted by Crippen LogP contribution is -2.65. The summed E-state index contributed by atoms with van der Waals surface area (Å²) in [6, 6.07) is 0. The molecular weight excluding hydrogens is 816 g/mol. The normalized spacial score (nSPS) is 57.0. The third-order valence-electron chi connectivity index (χ3n) is 18.0. The van der Waals surface area contributed by atoms with Gasteiger partial charge in [0.15, 0.2) is 18.4 Å². The monoisotopic (exact) mass is 890 g/mol. The molecule has 4 saturated carbocycles. The van der Waals surface area contributed by atoms with Gasteiger partial charge < -0.3 is 89.7 Å². The van der Waals surface area contributed by atoms with Gasteiger partial charge in [-0.15, -0.1) is 0 Å². The SMILES string of the molecule is CC(CCC1(O)OC2CC3C4CCC5CC(OC6OC(CO)C(O)C(O)C6OC6OC(CO)C(O)C(O)C6O)CCC5(C)C4CCC3(C)C2C1C)C1OC(CO)C(O)C(O)C1O. The van der Waals surface area contributed by atoms with Crippen LogP contribution >= 0.6 is 0 Å². The van der Waals surface area contributed by atoms with E-state index in [1.165, 1.54) is 0 Å². The lowest BCUT2D eigenvalue weighted by molar-refractivity contribution is -0.373. The first-order valence-electron chi connectivity index (χ1n) is 23.3. The molecule has 0 spiro atoms. The van der Waals surface area contributed by atoms with Gasteiger partial charge >= 0.3 is 0 Å². The van der Waals surface area contributed by atoms with Gasteiger partial charge in [-0.1, -0.05) is 27.7 Å². The second kappa shape index (κ2) is 18.1. The molecule has 0 aromatic rings. The van der Waals surface area contributed by atoms with Gasteiger partial charge in [0.2, 0.25) is 0 Å². The van der Waals surface area contributed by atoms with Crippen molar-refractivity contribution in [1.29, 1.82) is 0 Å². The molecule has 62 heavy (non-hydrogen) atoms. The molecule has 0 radical (unpaired) electrons. The molecule has 0 bridgehead atoms. The Morgan fingerprint density at radius 1 is 0.629 bits per heavy atom. The van der Waals surface area contributed by atoms with Crippen LogP contribution in [-0.4, -0.2) is 191 Å². The predicted octanol–water partition coefficient (Wildman–Crippen LogP) is -1.75. The van der Waals surface area contributed by atoms with Crippen molar-refractivity contribution in [2.75, 3.05) is 19.8 Å². The number of aliphatic hydroxyl groups is 12. The molecule has 358 valence electrons. The molecule has 27 unspecified atom stereocenters.